The van der Waals surface area contributed by atoms with Crippen molar-refractivity contribution in [1.82, 2.24) is 0 Å². The summed E-state index contributed by atoms with van der Waals surface area (Å²) in [6.45, 7) is 6.79. The third kappa shape index (κ3) is 19.9. The van der Waals surface area contributed by atoms with Gasteiger partial charge in [-0.05, 0) is 12.3 Å². The summed E-state index contributed by atoms with van der Waals surface area (Å²) in [5.41, 5.74) is 0. The summed E-state index contributed by atoms with van der Waals surface area (Å²) in [6.07, 6.45) is 28.1. The fourth-order valence-corrected chi connectivity index (χ4v) is 3.85. The van der Waals surface area contributed by atoms with Crippen molar-refractivity contribution in [2.24, 2.45) is 5.92 Å². The standard InChI is InChI=1S/C26H50/c1-4-7-9-11-12-13-14-15-16-17-18-19-20-21-23-25-26(6-3)24-22-10-8-5-2/h26H,4-7,9,11-25H2,1-3H3. The molecule has 0 aromatic heterocycles. The zero-order valence-electron chi connectivity index (χ0n) is 18.7. The van der Waals surface area contributed by atoms with Crippen LogP contribution in [0, 0.1) is 17.8 Å². The van der Waals surface area contributed by atoms with Gasteiger partial charge in [-0.3, -0.25) is 0 Å². The zero-order chi connectivity index (χ0) is 19.1. The Morgan fingerprint density at radius 2 is 0.962 bits per heavy atom. The molecule has 1 unspecified atom stereocenters. The summed E-state index contributed by atoms with van der Waals surface area (Å²) in [6, 6.07) is 0. The number of hydrogen-bond acceptors (Lipinski definition) is 0. The lowest BCUT2D eigenvalue weighted by Gasteiger charge is -2.12. The Hall–Kier alpha value is -0.440. The van der Waals surface area contributed by atoms with Crippen LogP contribution < -0.4 is 0 Å². The van der Waals surface area contributed by atoms with Crippen molar-refractivity contribution in [2.75, 3.05) is 0 Å². The van der Waals surface area contributed by atoms with Crippen molar-refractivity contribution < 1.29 is 0 Å². The van der Waals surface area contributed by atoms with E-state index in [0.717, 1.165) is 18.8 Å². The molecule has 0 spiro atoms. The van der Waals surface area contributed by atoms with Crippen molar-refractivity contribution in [3.05, 3.63) is 0 Å². The fourth-order valence-electron chi connectivity index (χ4n) is 3.85. The van der Waals surface area contributed by atoms with E-state index in [0.29, 0.717) is 0 Å². The van der Waals surface area contributed by atoms with Gasteiger partial charge in [-0.15, -0.1) is 11.8 Å². The first-order valence-corrected chi connectivity index (χ1v) is 12.3. The van der Waals surface area contributed by atoms with Gasteiger partial charge in [0.25, 0.3) is 0 Å². The Balaban J connectivity index is 3.22. The Morgan fingerprint density at radius 1 is 0.500 bits per heavy atom. The van der Waals surface area contributed by atoms with Gasteiger partial charge in [0.2, 0.25) is 0 Å². The highest BCUT2D eigenvalue weighted by molar-refractivity contribution is 4.97. The normalized spacial score (nSPS) is 12.0. The van der Waals surface area contributed by atoms with Gasteiger partial charge in [0.05, 0.1) is 0 Å². The second kappa shape index (κ2) is 22.6. The molecule has 0 saturated heterocycles. The highest BCUT2D eigenvalue weighted by atomic mass is 14.1. The molecular weight excluding hydrogens is 312 g/mol. The Bertz CT molecular complexity index is 306. The van der Waals surface area contributed by atoms with E-state index in [1.807, 2.05) is 0 Å². The van der Waals surface area contributed by atoms with Crippen LogP contribution in [0.15, 0.2) is 0 Å². The largest absolute Gasteiger partial charge is 0.104 e. The molecule has 26 heavy (non-hydrogen) atoms. The van der Waals surface area contributed by atoms with E-state index in [2.05, 4.69) is 32.6 Å². The number of unbranched alkanes of at least 4 members (excludes halogenated alkanes) is 14. The summed E-state index contributed by atoms with van der Waals surface area (Å²) < 4.78 is 0. The first kappa shape index (κ1) is 25.6. The maximum absolute atomic E-state index is 3.30. The average Bonchev–Trinajstić information content (AvgIpc) is 2.66. The highest BCUT2D eigenvalue weighted by Gasteiger charge is 2.04. The molecular formula is C26H50. The van der Waals surface area contributed by atoms with Crippen molar-refractivity contribution >= 4 is 0 Å². The minimum absolute atomic E-state index is 0.920. The molecule has 0 rings (SSSR count). The molecule has 0 aromatic rings. The lowest BCUT2D eigenvalue weighted by atomic mass is 9.93. The monoisotopic (exact) mass is 362 g/mol. The molecule has 1 atom stereocenters. The highest BCUT2D eigenvalue weighted by Crippen LogP contribution is 2.20. The Kier molecular flexibility index (Phi) is 22.2. The summed E-state index contributed by atoms with van der Waals surface area (Å²) >= 11 is 0. The van der Waals surface area contributed by atoms with Crippen LogP contribution in [0.2, 0.25) is 0 Å². The van der Waals surface area contributed by atoms with E-state index >= 15 is 0 Å². The van der Waals surface area contributed by atoms with Crippen LogP contribution in [-0.2, 0) is 0 Å². The van der Waals surface area contributed by atoms with E-state index in [1.165, 1.54) is 116 Å². The molecule has 0 fully saturated rings. The van der Waals surface area contributed by atoms with Gasteiger partial charge < -0.3 is 0 Å². The molecule has 0 bridgehead atoms. The lowest BCUT2D eigenvalue weighted by Crippen LogP contribution is -1.98. The van der Waals surface area contributed by atoms with Crippen LogP contribution in [0.1, 0.15) is 149 Å². The van der Waals surface area contributed by atoms with Gasteiger partial charge in [0.15, 0.2) is 0 Å². The molecule has 154 valence electrons. The average molecular weight is 363 g/mol. The minimum Gasteiger partial charge on any atom is -0.104 e. The molecule has 0 saturated carbocycles. The van der Waals surface area contributed by atoms with Crippen LogP contribution in [0.4, 0.5) is 0 Å². The SMILES string of the molecule is CCC#CCCC(CC)CCCCCCCCCCCCCCCCC. The van der Waals surface area contributed by atoms with Crippen molar-refractivity contribution in [3.63, 3.8) is 0 Å². The molecule has 0 heterocycles. The molecule has 0 aliphatic carbocycles. The predicted molar refractivity (Wildman–Crippen MR) is 121 cm³/mol. The van der Waals surface area contributed by atoms with Crippen molar-refractivity contribution in [1.29, 1.82) is 0 Å². The molecule has 0 aliphatic heterocycles. The zero-order valence-corrected chi connectivity index (χ0v) is 18.7. The Morgan fingerprint density at radius 3 is 1.38 bits per heavy atom. The molecule has 0 aliphatic rings. The summed E-state index contributed by atoms with van der Waals surface area (Å²) in [5.74, 6) is 7.42. The van der Waals surface area contributed by atoms with Gasteiger partial charge in [-0.2, -0.15) is 0 Å². The van der Waals surface area contributed by atoms with E-state index in [1.54, 1.807) is 0 Å². The topological polar surface area (TPSA) is 0 Å². The van der Waals surface area contributed by atoms with Gasteiger partial charge in [0, 0.05) is 12.8 Å². The van der Waals surface area contributed by atoms with Crippen LogP contribution in [0.3, 0.4) is 0 Å². The molecule has 0 amide bonds. The van der Waals surface area contributed by atoms with E-state index in [4.69, 9.17) is 0 Å². The molecule has 0 radical (unpaired) electrons. The summed E-state index contributed by atoms with van der Waals surface area (Å²) in [7, 11) is 0. The van der Waals surface area contributed by atoms with E-state index in [-0.39, 0.29) is 0 Å². The third-order valence-electron chi connectivity index (χ3n) is 5.77. The van der Waals surface area contributed by atoms with Crippen LogP contribution >= 0.6 is 0 Å². The predicted octanol–water partition coefficient (Wildman–Crippen LogP) is 9.47. The summed E-state index contributed by atoms with van der Waals surface area (Å²) in [5, 5.41) is 0. The quantitative estimate of drug-likeness (QED) is 0.158. The van der Waals surface area contributed by atoms with Gasteiger partial charge in [-0.1, -0.05) is 130 Å². The fraction of sp³-hybridized carbons (Fsp3) is 0.923. The van der Waals surface area contributed by atoms with Gasteiger partial charge in [0.1, 0.15) is 0 Å². The molecule has 0 heteroatoms. The summed E-state index contributed by atoms with van der Waals surface area (Å²) in [4.78, 5) is 0. The minimum atomic E-state index is 0.920. The first-order valence-electron chi connectivity index (χ1n) is 12.3. The van der Waals surface area contributed by atoms with Crippen molar-refractivity contribution in [2.45, 2.75) is 149 Å². The van der Waals surface area contributed by atoms with Gasteiger partial charge >= 0.3 is 0 Å². The molecule has 0 nitrogen and oxygen atoms in total. The molecule has 0 N–H and O–H groups in total. The first-order chi connectivity index (χ1) is 12.8. The van der Waals surface area contributed by atoms with Crippen LogP contribution in [0.25, 0.3) is 0 Å². The van der Waals surface area contributed by atoms with Crippen molar-refractivity contribution in [3.8, 4) is 11.8 Å². The molecule has 0 aromatic carbocycles. The maximum Gasteiger partial charge on any atom is 0.00913 e. The van der Waals surface area contributed by atoms with Crippen LogP contribution in [0.5, 0.6) is 0 Å². The Labute approximate surface area is 167 Å². The number of rotatable bonds is 19. The van der Waals surface area contributed by atoms with Gasteiger partial charge in [-0.25, -0.2) is 0 Å². The second-order valence-corrected chi connectivity index (χ2v) is 8.26. The maximum atomic E-state index is 3.30. The van der Waals surface area contributed by atoms with E-state index in [9.17, 15) is 0 Å². The smallest absolute Gasteiger partial charge is 0.00913 e. The third-order valence-corrected chi connectivity index (χ3v) is 5.77. The second-order valence-electron chi connectivity index (χ2n) is 8.26. The number of hydrogen-bond donors (Lipinski definition) is 0. The lowest BCUT2D eigenvalue weighted by molar-refractivity contribution is 0.416. The van der Waals surface area contributed by atoms with E-state index < -0.39 is 0 Å². The van der Waals surface area contributed by atoms with Crippen LogP contribution in [-0.4, -0.2) is 0 Å².